The summed E-state index contributed by atoms with van der Waals surface area (Å²) >= 11 is 0. The highest BCUT2D eigenvalue weighted by Gasteiger charge is 2.36. The van der Waals surface area contributed by atoms with Crippen molar-refractivity contribution in [2.75, 3.05) is 10.2 Å². The van der Waals surface area contributed by atoms with Crippen LogP contribution in [-0.4, -0.2) is 23.3 Å². The molecule has 0 saturated carbocycles. The quantitative estimate of drug-likeness (QED) is 0.105. The molecule has 0 spiro atoms. The van der Waals surface area contributed by atoms with Gasteiger partial charge in [0.25, 0.3) is 11.8 Å². The topological polar surface area (TPSA) is 105 Å². The van der Waals surface area contributed by atoms with Crippen LogP contribution in [0.5, 0.6) is 0 Å². The highest BCUT2D eigenvalue weighted by molar-refractivity contribution is 6.40. The maximum absolute atomic E-state index is 15.0. The molecule has 8 heteroatoms. The average molecular weight is 961 g/mol. The maximum atomic E-state index is 15.0. The smallest absolute Gasteiger partial charge is 0.255 e. The van der Waals surface area contributed by atoms with Gasteiger partial charge in [-0.05, 0) is 160 Å². The van der Waals surface area contributed by atoms with Crippen LogP contribution in [0.25, 0.3) is 5.57 Å². The molecular formula is C65H60N4O4. The Balaban J connectivity index is 1.24. The number of carbonyl (C=O) groups excluding carboxylic acids is 3. The highest BCUT2D eigenvalue weighted by atomic mass is 16.3. The Morgan fingerprint density at radius 2 is 0.986 bits per heavy atom. The van der Waals surface area contributed by atoms with Crippen LogP contribution in [0.15, 0.2) is 174 Å². The van der Waals surface area contributed by atoms with E-state index in [-0.39, 0.29) is 16.7 Å². The lowest BCUT2D eigenvalue weighted by Gasteiger charge is -2.35. The standard InChI is InChI=1S/C65H60N4O4/c1-37-12-19-48(20-13-37)64(72)66-54-35-50(68(56-27-16-39(3)30-43(56)7)57-28-17-40(4)31-44(57)8)23-25-52(54)59-62(70)60(63(59)71)53-26-24-51(36-55(53)67-65(73)49-21-14-38(2)15-22-49)69(58-29-18-41(5)32-45(58)9)61-46(10)33-42(6)34-47(61)11/h12-36H,1-11H3,(H2,66,67,70,71,72,73). The Bertz CT molecular complexity index is 3550. The molecule has 0 atom stereocenters. The maximum Gasteiger partial charge on any atom is 0.255 e. The molecule has 0 fully saturated rings. The summed E-state index contributed by atoms with van der Waals surface area (Å²) in [6.07, 6.45) is 5.51. The van der Waals surface area contributed by atoms with Crippen LogP contribution >= 0.6 is 0 Å². The molecule has 2 aliphatic rings. The molecule has 0 unspecified atom stereocenters. The van der Waals surface area contributed by atoms with Gasteiger partial charge in [-0.1, -0.05) is 99.8 Å². The zero-order valence-electron chi connectivity index (χ0n) is 43.5. The number of anilines is 4. The molecule has 0 bridgehead atoms. The zero-order chi connectivity index (χ0) is 52.0. The Kier molecular flexibility index (Phi) is 13.4. The van der Waals surface area contributed by atoms with Crippen LogP contribution in [0.4, 0.5) is 34.1 Å². The molecule has 2 aliphatic carbocycles. The number of hydrogen-bond acceptors (Lipinski definition) is 5. The molecule has 0 radical (unpaired) electrons. The van der Waals surface area contributed by atoms with Crippen LogP contribution < -0.4 is 25.2 Å². The van der Waals surface area contributed by atoms with Crippen molar-refractivity contribution < 1.29 is 19.5 Å². The van der Waals surface area contributed by atoms with Crippen LogP contribution in [-0.2, 0) is 4.79 Å². The van der Waals surface area contributed by atoms with Gasteiger partial charge in [0.2, 0.25) is 17.1 Å². The molecule has 7 aromatic rings. The van der Waals surface area contributed by atoms with E-state index in [2.05, 4.69) is 149 Å². The Morgan fingerprint density at radius 1 is 0.493 bits per heavy atom. The number of allylic oxidation sites excluding steroid dienone is 5. The van der Waals surface area contributed by atoms with Crippen molar-refractivity contribution in [3.8, 4) is 0 Å². The summed E-state index contributed by atoms with van der Waals surface area (Å²) in [6.45, 7) is 22.6. The largest absolute Gasteiger partial charge is 0.871 e. The fraction of sp³-hybridized carbons (Fsp3) is 0.169. The van der Waals surface area contributed by atoms with Crippen LogP contribution in [0.1, 0.15) is 87.5 Å². The number of amides is 2. The van der Waals surface area contributed by atoms with Crippen molar-refractivity contribution in [2.24, 2.45) is 0 Å². The Morgan fingerprint density at radius 3 is 1.51 bits per heavy atom. The molecule has 0 aromatic heterocycles. The molecule has 8 nitrogen and oxygen atoms in total. The van der Waals surface area contributed by atoms with Crippen molar-refractivity contribution in [2.45, 2.75) is 76.2 Å². The molecule has 73 heavy (non-hydrogen) atoms. The van der Waals surface area contributed by atoms with E-state index in [1.165, 1.54) is 0 Å². The van der Waals surface area contributed by atoms with Crippen molar-refractivity contribution in [1.29, 1.82) is 0 Å². The van der Waals surface area contributed by atoms with Gasteiger partial charge in [0.15, 0.2) is 5.78 Å². The summed E-state index contributed by atoms with van der Waals surface area (Å²) < 4.78 is 2.18. The third-order valence-electron chi connectivity index (χ3n) is 13.7. The van der Waals surface area contributed by atoms with Gasteiger partial charge >= 0.3 is 0 Å². The lowest BCUT2D eigenvalue weighted by atomic mass is 9.78. The first-order valence-electron chi connectivity index (χ1n) is 24.6. The van der Waals surface area contributed by atoms with Gasteiger partial charge in [-0.15, -0.1) is 0 Å². The van der Waals surface area contributed by atoms with Crippen molar-refractivity contribution in [3.05, 3.63) is 252 Å². The molecule has 0 aliphatic heterocycles. The summed E-state index contributed by atoms with van der Waals surface area (Å²) in [5.74, 6) is -1.79. The minimum atomic E-state index is -0.501. The Labute approximate surface area is 429 Å². The summed E-state index contributed by atoms with van der Waals surface area (Å²) in [5.41, 5.74) is 18.9. The first-order chi connectivity index (χ1) is 34.9. The lowest BCUT2D eigenvalue weighted by Crippen LogP contribution is -2.34. The number of Topliss-reactive ketones (excluding diaryl/α,β-unsaturated/α-hetero) is 1. The van der Waals surface area contributed by atoms with E-state index < -0.39 is 23.4 Å². The molecule has 2 amide bonds. The molecule has 0 saturated heterocycles. The first kappa shape index (κ1) is 49.4. The van der Waals surface area contributed by atoms with Gasteiger partial charge in [0.05, 0.1) is 11.4 Å². The fourth-order valence-electron chi connectivity index (χ4n) is 10.2. The molecule has 7 aromatic carbocycles. The highest BCUT2D eigenvalue weighted by Crippen LogP contribution is 2.45. The second-order valence-corrected chi connectivity index (χ2v) is 19.8. The van der Waals surface area contributed by atoms with Crippen molar-refractivity contribution in [1.82, 2.24) is 9.89 Å². The van der Waals surface area contributed by atoms with Gasteiger partial charge in [-0.2, -0.15) is 4.58 Å². The third kappa shape index (κ3) is 9.76. The fourth-order valence-corrected chi connectivity index (χ4v) is 10.2. The zero-order valence-corrected chi connectivity index (χ0v) is 43.5. The molecular weight excluding hydrogens is 901 g/mol. The average Bonchev–Trinajstić information content (AvgIpc) is 3.33. The van der Waals surface area contributed by atoms with Gasteiger partial charge in [-0.25, -0.2) is 0 Å². The summed E-state index contributed by atoms with van der Waals surface area (Å²) in [7, 11) is 0. The van der Waals surface area contributed by atoms with E-state index in [9.17, 15) is 19.5 Å². The number of nitrogens with zero attached hydrogens (tertiary/aromatic N) is 2. The van der Waals surface area contributed by atoms with Gasteiger partial charge in [0.1, 0.15) is 0 Å². The van der Waals surface area contributed by atoms with E-state index in [0.717, 1.165) is 95.3 Å². The predicted octanol–water partition coefficient (Wildman–Crippen LogP) is 13.6. The minimum Gasteiger partial charge on any atom is -0.871 e. The number of ketones is 1. The number of nitrogens with one attached hydrogen (secondary N) is 2. The van der Waals surface area contributed by atoms with E-state index in [1.807, 2.05) is 62.4 Å². The van der Waals surface area contributed by atoms with Crippen LogP contribution in [0, 0.1) is 76.2 Å². The number of hydrogen-bond donors (Lipinski definition) is 2. The van der Waals surface area contributed by atoms with E-state index in [4.69, 9.17) is 0 Å². The lowest BCUT2D eigenvalue weighted by molar-refractivity contribution is -0.297. The van der Waals surface area contributed by atoms with Gasteiger partial charge in [0, 0.05) is 85.4 Å². The van der Waals surface area contributed by atoms with Gasteiger partial charge < -0.3 is 20.6 Å². The number of aryl methyl sites for hydroxylation is 11. The third-order valence-corrected chi connectivity index (χ3v) is 13.7. The van der Waals surface area contributed by atoms with E-state index in [0.29, 0.717) is 28.1 Å². The normalized spacial score (nSPS) is 14.9. The SMILES string of the molecule is Cc1ccc(C(=O)NC2=CC(=[N+](/c3ccc(C)cc3C)c3c(C)cc(C)cc3C)/C=CC/2=C2\C(=O)C(c3ccc(N(c4ccc(C)cc4C)c4ccc(C)cc4C)cc3NC(=O)c3ccc(C)cc3)=C2[O-])cc1. The minimum absolute atomic E-state index is 0.0615. The summed E-state index contributed by atoms with van der Waals surface area (Å²) in [5, 5.41) is 21.2. The van der Waals surface area contributed by atoms with E-state index in [1.54, 1.807) is 36.4 Å². The Hall–Kier alpha value is -8.62. The summed E-state index contributed by atoms with van der Waals surface area (Å²) in [4.78, 5) is 45.5. The number of carbonyl (C=O) groups is 3. The van der Waals surface area contributed by atoms with E-state index >= 15 is 0 Å². The van der Waals surface area contributed by atoms with Crippen LogP contribution in [0.2, 0.25) is 0 Å². The first-order valence-corrected chi connectivity index (χ1v) is 24.6. The molecule has 2 N–H and O–H groups in total. The van der Waals surface area contributed by atoms with Crippen molar-refractivity contribution in [3.63, 3.8) is 0 Å². The monoisotopic (exact) mass is 960 g/mol. The number of benzene rings is 7. The molecule has 364 valence electrons. The summed E-state index contributed by atoms with van der Waals surface area (Å²) in [6, 6.07) is 43.2. The van der Waals surface area contributed by atoms with Crippen LogP contribution in [0.3, 0.4) is 0 Å². The van der Waals surface area contributed by atoms with Gasteiger partial charge in [-0.3, -0.25) is 14.4 Å². The predicted molar refractivity (Wildman–Crippen MR) is 297 cm³/mol. The second kappa shape index (κ2) is 19.9. The molecule has 9 rings (SSSR count). The molecule has 0 heterocycles. The van der Waals surface area contributed by atoms with Crippen molar-refractivity contribution >= 4 is 63.0 Å². The second-order valence-electron chi connectivity index (χ2n) is 19.8. The number of rotatable bonds is 10.